The van der Waals surface area contributed by atoms with Crippen molar-refractivity contribution >= 4 is 5.91 Å². The van der Waals surface area contributed by atoms with Gasteiger partial charge in [0, 0.05) is 6.54 Å². The minimum Gasteiger partial charge on any atom is -0.355 e. The molecular formula is C14H17NO. The average molecular weight is 215 g/mol. The second-order valence-electron chi connectivity index (χ2n) is 4.30. The van der Waals surface area contributed by atoms with Crippen molar-refractivity contribution in [3.63, 3.8) is 0 Å². The molecule has 1 aliphatic heterocycles. The van der Waals surface area contributed by atoms with Gasteiger partial charge in [-0.2, -0.15) is 0 Å². The van der Waals surface area contributed by atoms with E-state index >= 15 is 0 Å². The lowest BCUT2D eigenvalue weighted by molar-refractivity contribution is -0.128. The van der Waals surface area contributed by atoms with Crippen LogP contribution >= 0.6 is 0 Å². The maximum absolute atomic E-state index is 12.1. The Balaban J connectivity index is 2.41. The Morgan fingerprint density at radius 1 is 1.38 bits per heavy atom. The largest absolute Gasteiger partial charge is 0.355 e. The van der Waals surface area contributed by atoms with Crippen LogP contribution in [0.4, 0.5) is 0 Å². The van der Waals surface area contributed by atoms with E-state index in [1.54, 1.807) is 0 Å². The third-order valence-corrected chi connectivity index (χ3v) is 3.32. The molecule has 0 aromatic heterocycles. The van der Waals surface area contributed by atoms with Gasteiger partial charge in [0.15, 0.2) is 0 Å². The molecule has 2 nitrogen and oxygen atoms in total. The van der Waals surface area contributed by atoms with Gasteiger partial charge in [0.05, 0.1) is 5.41 Å². The van der Waals surface area contributed by atoms with Crippen LogP contribution in [0.5, 0.6) is 0 Å². The summed E-state index contributed by atoms with van der Waals surface area (Å²) in [5.74, 6) is 0.143. The fourth-order valence-corrected chi connectivity index (χ4v) is 2.47. The summed E-state index contributed by atoms with van der Waals surface area (Å²) in [7, 11) is 0. The molecule has 1 saturated heterocycles. The molecule has 84 valence electrons. The summed E-state index contributed by atoms with van der Waals surface area (Å²) < 4.78 is 0. The third kappa shape index (κ3) is 1.75. The highest BCUT2D eigenvalue weighted by Gasteiger charge is 2.40. The number of rotatable bonds is 3. The van der Waals surface area contributed by atoms with Crippen molar-refractivity contribution in [1.82, 2.24) is 5.32 Å². The van der Waals surface area contributed by atoms with Crippen LogP contribution < -0.4 is 5.32 Å². The number of allylic oxidation sites excluding steroid dienone is 1. The molecule has 1 aromatic rings. The SMILES string of the molecule is C=CCC1(c2ccccc2)CCCNC1=O. The molecule has 1 N–H and O–H groups in total. The van der Waals surface area contributed by atoms with Crippen LogP contribution in [0.25, 0.3) is 0 Å². The number of hydrogen-bond donors (Lipinski definition) is 1. The quantitative estimate of drug-likeness (QED) is 0.771. The Labute approximate surface area is 96.4 Å². The van der Waals surface area contributed by atoms with E-state index in [0.717, 1.165) is 24.9 Å². The molecule has 2 rings (SSSR count). The van der Waals surface area contributed by atoms with Crippen LogP contribution in [0.15, 0.2) is 43.0 Å². The van der Waals surface area contributed by atoms with E-state index in [1.807, 2.05) is 36.4 Å². The lowest BCUT2D eigenvalue weighted by Gasteiger charge is -2.35. The predicted molar refractivity (Wildman–Crippen MR) is 65.2 cm³/mol. The number of carbonyl (C=O) groups excluding carboxylic acids is 1. The standard InChI is InChI=1S/C14H17NO/c1-2-9-14(10-6-11-15-13(14)16)12-7-4-3-5-8-12/h2-5,7-8H,1,6,9-11H2,(H,15,16). The van der Waals surface area contributed by atoms with Gasteiger partial charge in [-0.1, -0.05) is 36.4 Å². The number of benzene rings is 1. The van der Waals surface area contributed by atoms with Gasteiger partial charge in [-0.15, -0.1) is 6.58 Å². The van der Waals surface area contributed by atoms with Gasteiger partial charge in [-0.05, 0) is 24.8 Å². The van der Waals surface area contributed by atoms with Gasteiger partial charge in [-0.25, -0.2) is 0 Å². The van der Waals surface area contributed by atoms with Crippen LogP contribution in [0.2, 0.25) is 0 Å². The van der Waals surface area contributed by atoms with Crippen LogP contribution in [0, 0.1) is 0 Å². The molecule has 0 radical (unpaired) electrons. The Bertz CT molecular complexity index is 385. The second-order valence-corrected chi connectivity index (χ2v) is 4.30. The van der Waals surface area contributed by atoms with E-state index < -0.39 is 0 Å². The molecule has 1 unspecified atom stereocenters. The van der Waals surface area contributed by atoms with E-state index in [1.165, 1.54) is 0 Å². The summed E-state index contributed by atoms with van der Waals surface area (Å²) in [5.41, 5.74) is 0.716. The van der Waals surface area contributed by atoms with Gasteiger partial charge < -0.3 is 5.32 Å². The average Bonchev–Trinajstić information content (AvgIpc) is 2.34. The van der Waals surface area contributed by atoms with Gasteiger partial charge in [-0.3, -0.25) is 4.79 Å². The summed E-state index contributed by atoms with van der Waals surface area (Å²) in [6.07, 6.45) is 4.50. The van der Waals surface area contributed by atoms with Gasteiger partial charge in [0.2, 0.25) is 5.91 Å². The first-order chi connectivity index (χ1) is 7.79. The number of piperidine rings is 1. The highest BCUT2D eigenvalue weighted by Crippen LogP contribution is 2.35. The van der Waals surface area contributed by atoms with Crippen LogP contribution in [0.3, 0.4) is 0 Å². The zero-order valence-corrected chi connectivity index (χ0v) is 9.41. The van der Waals surface area contributed by atoms with Crippen molar-refractivity contribution in [2.24, 2.45) is 0 Å². The highest BCUT2D eigenvalue weighted by molar-refractivity contribution is 5.89. The third-order valence-electron chi connectivity index (χ3n) is 3.32. The predicted octanol–water partition coefficient (Wildman–Crippen LogP) is 2.41. The molecule has 1 aliphatic rings. The summed E-state index contributed by atoms with van der Waals surface area (Å²) in [6, 6.07) is 10.0. The van der Waals surface area contributed by atoms with Crippen molar-refractivity contribution in [2.75, 3.05) is 6.54 Å². The number of amides is 1. The second kappa shape index (κ2) is 4.52. The Kier molecular flexibility index (Phi) is 3.09. The molecule has 0 bridgehead atoms. The molecule has 2 heteroatoms. The lowest BCUT2D eigenvalue weighted by Crippen LogP contribution is -2.48. The zero-order chi connectivity index (χ0) is 11.4. The first kappa shape index (κ1) is 10.9. The fourth-order valence-electron chi connectivity index (χ4n) is 2.47. The minimum absolute atomic E-state index is 0.143. The normalized spacial score (nSPS) is 24.9. The first-order valence-corrected chi connectivity index (χ1v) is 5.74. The Morgan fingerprint density at radius 3 is 2.75 bits per heavy atom. The van der Waals surface area contributed by atoms with Crippen LogP contribution in [-0.2, 0) is 10.2 Å². The van der Waals surface area contributed by atoms with E-state index in [4.69, 9.17) is 0 Å². The Morgan fingerprint density at radius 2 is 2.12 bits per heavy atom. The van der Waals surface area contributed by atoms with Crippen LogP contribution in [0.1, 0.15) is 24.8 Å². The van der Waals surface area contributed by atoms with Crippen molar-refractivity contribution in [1.29, 1.82) is 0 Å². The number of hydrogen-bond acceptors (Lipinski definition) is 1. The van der Waals surface area contributed by atoms with Crippen molar-refractivity contribution in [3.8, 4) is 0 Å². The molecule has 0 saturated carbocycles. The highest BCUT2D eigenvalue weighted by atomic mass is 16.2. The zero-order valence-electron chi connectivity index (χ0n) is 9.41. The summed E-state index contributed by atoms with van der Waals surface area (Å²) in [4.78, 5) is 12.1. The van der Waals surface area contributed by atoms with Gasteiger partial charge in [0.1, 0.15) is 0 Å². The van der Waals surface area contributed by atoms with Gasteiger partial charge >= 0.3 is 0 Å². The van der Waals surface area contributed by atoms with E-state index in [9.17, 15) is 4.79 Å². The molecule has 0 aliphatic carbocycles. The summed E-state index contributed by atoms with van der Waals surface area (Å²) in [5, 5.41) is 2.97. The molecule has 1 heterocycles. The first-order valence-electron chi connectivity index (χ1n) is 5.74. The lowest BCUT2D eigenvalue weighted by atomic mass is 9.71. The maximum atomic E-state index is 12.1. The Hall–Kier alpha value is -1.57. The molecule has 16 heavy (non-hydrogen) atoms. The van der Waals surface area contributed by atoms with E-state index in [2.05, 4.69) is 11.9 Å². The molecule has 1 amide bonds. The van der Waals surface area contributed by atoms with E-state index in [-0.39, 0.29) is 11.3 Å². The number of carbonyl (C=O) groups is 1. The van der Waals surface area contributed by atoms with Crippen molar-refractivity contribution < 1.29 is 4.79 Å². The van der Waals surface area contributed by atoms with Gasteiger partial charge in [0.25, 0.3) is 0 Å². The smallest absolute Gasteiger partial charge is 0.230 e. The van der Waals surface area contributed by atoms with E-state index in [0.29, 0.717) is 6.42 Å². The maximum Gasteiger partial charge on any atom is 0.230 e. The minimum atomic E-state index is -0.388. The summed E-state index contributed by atoms with van der Waals surface area (Å²) in [6.45, 7) is 4.58. The fraction of sp³-hybridized carbons (Fsp3) is 0.357. The van der Waals surface area contributed by atoms with Crippen LogP contribution in [-0.4, -0.2) is 12.5 Å². The molecule has 0 spiro atoms. The topological polar surface area (TPSA) is 29.1 Å². The number of nitrogens with one attached hydrogen (secondary N) is 1. The molecule has 1 atom stereocenters. The van der Waals surface area contributed by atoms with Crippen molar-refractivity contribution in [2.45, 2.75) is 24.7 Å². The molecule has 1 fully saturated rings. The molecular weight excluding hydrogens is 198 g/mol. The molecule has 1 aromatic carbocycles. The van der Waals surface area contributed by atoms with Crippen molar-refractivity contribution in [3.05, 3.63) is 48.6 Å². The monoisotopic (exact) mass is 215 g/mol. The summed E-state index contributed by atoms with van der Waals surface area (Å²) >= 11 is 0.